The molecule has 1 aromatic heterocycles. The molecule has 0 aliphatic carbocycles. The van der Waals surface area contributed by atoms with Gasteiger partial charge >= 0.3 is 6.18 Å². The lowest BCUT2D eigenvalue weighted by Gasteiger charge is -2.18. The summed E-state index contributed by atoms with van der Waals surface area (Å²) in [5.41, 5.74) is -0.564. The Morgan fingerprint density at radius 2 is 1.87 bits per heavy atom. The third-order valence-electron chi connectivity index (χ3n) is 5.00. The Balaban J connectivity index is 1.50. The van der Waals surface area contributed by atoms with Crippen LogP contribution in [0.1, 0.15) is 24.2 Å². The van der Waals surface area contributed by atoms with Crippen LogP contribution in [0.2, 0.25) is 0 Å². The maximum absolute atomic E-state index is 12.9. The van der Waals surface area contributed by atoms with E-state index in [9.17, 15) is 27.6 Å². The molecule has 2 saturated heterocycles. The number of nitrogens with zero attached hydrogens (tertiary/aromatic N) is 2. The van der Waals surface area contributed by atoms with Crippen LogP contribution < -0.4 is 0 Å². The van der Waals surface area contributed by atoms with Crippen LogP contribution in [0.5, 0.6) is 0 Å². The van der Waals surface area contributed by atoms with Gasteiger partial charge in [-0.05, 0) is 48.9 Å². The van der Waals surface area contributed by atoms with Gasteiger partial charge in [-0.25, -0.2) is 0 Å². The highest BCUT2D eigenvalue weighted by Crippen LogP contribution is 2.35. The zero-order valence-corrected chi connectivity index (χ0v) is 17.0. The molecule has 3 heterocycles. The predicted molar refractivity (Wildman–Crippen MR) is 108 cm³/mol. The zero-order valence-electron chi connectivity index (χ0n) is 16.1. The molecule has 0 radical (unpaired) electrons. The summed E-state index contributed by atoms with van der Waals surface area (Å²) in [6, 6.07) is 7.69. The first-order valence-electron chi connectivity index (χ1n) is 9.53. The van der Waals surface area contributed by atoms with E-state index in [1.807, 2.05) is 0 Å². The summed E-state index contributed by atoms with van der Waals surface area (Å²) in [5.74, 6) is -0.463. The van der Waals surface area contributed by atoms with Gasteiger partial charge in [0.2, 0.25) is 5.91 Å². The molecular weight excluding hydrogens is 433 g/mol. The van der Waals surface area contributed by atoms with E-state index in [1.54, 1.807) is 4.90 Å². The highest BCUT2D eigenvalue weighted by Gasteiger charge is 2.37. The lowest BCUT2D eigenvalue weighted by molar-refractivity contribution is -0.137. The van der Waals surface area contributed by atoms with Gasteiger partial charge in [0.05, 0.1) is 10.5 Å². The van der Waals surface area contributed by atoms with Gasteiger partial charge < -0.3 is 9.32 Å². The number of imide groups is 1. The van der Waals surface area contributed by atoms with Gasteiger partial charge in [0.15, 0.2) is 0 Å². The van der Waals surface area contributed by atoms with Crippen LogP contribution in [0.25, 0.3) is 17.4 Å². The number of thioether (sulfide) groups is 1. The van der Waals surface area contributed by atoms with Crippen molar-refractivity contribution in [1.82, 2.24) is 9.80 Å². The minimum atomic E-state index is -4.48. The van der Waals surface area contributed by atoms with Crippen molar-refractivity contribution in [2.24, 2.45) is 0 Å². The highest BCUT2D eigenvalue weighted by atomic mass is 32.2. The first-order valence-corrected chi connectivity index (χ1v) is 10.3. The van der Waals surface area contributed by atoms with Crippen molar-refractivity contribution in [3.63, 3.8) is 0 Å². The molecule has 0 unspecified atom stereocenters. The molecule has 10 heteroatoms. The normalized spacial score (nSPS) is 18.5. The summed E-state index contributed by atoms with van der Waals surface area (Å²) in [6.07, 6.45) is -1.32. The Morgan fingerprint density at radius 3 is 2.58 bits per heavy atom. The van der Waals surface area contributed by atoms with Crippen molar-refractivity contribution in [1.29, 1.82) is 0 Å². The van der Waals surface area contributed by atoms with E-state index in [1.165, 1.54) is 30.3 Å². The lowest BCUT2D eigenvalue weighted by Crippen LogP contribution is -2.40. The second-order valence-corrected chi connectivity index (χ2v) is 8.13. The molecular formula is C21H17F3N2O4S. The standard InChI is InChI=1S/C21H17F3N2O4S/c22-21(23,24)14-5-3-4-13(10-14)16-7-6-15(30-16)11-17-19(28)26(20(29)31-17)12-18(27)25-8-1-2-9-25/h3-7,10-11H,1-2,8-9,12H2/b17-11-. The van der Waals surface area contributed by atoms with Crippen LogP contribution in [-0.4, -0.2) is 46.5 Å². The van der Waals surface area contributed by atoms with Crippen LogP contribution in [0.15, 0.2) is 45.7 Å². The number of amides is 3. The number of furan rings is 1. The molecule has 31 heavy (non-hydrogen) atoms. The Morgan fingerprint density at radius 1 is 1.13 bits per heavy atom. The average Bonchev–Trinajstić information content (AvgIpc) is 3.46. The first-order chi connectivity index (χ1) is 14.7. The fourth-order valence-electron chi connectivity index (χ4n) is 3.40. The molecule has 162 valence electrons. The number of hydrogen-bond donors (Lipinski definition) is 0. The Bertz CT molecular complexity index is 1070. The highest BCUT2D eigenvalue weighted by molar-refractivity contribution is 8.18. The molecule has 6 nitrogen and oxygen atoms in total. The Hall–Kier alpha value is -3.01. The van der Waals surface area contributed by atoms with E-state index in [0.29, 0.717) is 24.9 Å². The van der Waals surface area contributed by atoms with E-state index in [4.69, 9.17) is 4.42 Å². The van der Waals surface area contributed by atoms with Gasteiger partial charge in [-0.2, -0.15) is 13.2 Å². The first kappa shape index (κ1) is 21.2. The minimum Gasteiger partial charge on any atom is -0.457 e. The van der Waals surface area contributed by atoms with Crippen LogP contribution in [0.3, 0.4) is 0 Å². The molecule has 4 rings (SSSR count). The number of alkyl halides is 3. The van der Waals surface area contributed by atoms with Crippen molar-refractivity contribution >= 4 is 34.9 Å². The molecule has 0 N–H and O–H groups in total. The third kappa shape index (κ3) is 4.53. The summed E-state index contributed by atoms with van der Waals surface area (Å²) in [4.78, 5) is 39.7. The Kier molecular flexibility index (Phi) is 5.65. The van der Waals surface area contributed by atoms with Gasteiger partial charge in [-0.15, -0.1) is 0 Å². The van der Waals surface area contributed by atoms with Crippen molar-refractivity contribution in [2.75, 3.05) is 19.6 Å². The van der Waals surface area contributed by atoms with Crippen LogP contribution >= 0.6 is 11.8 Å². The number of benzene rings is 1. The molecule has 0 spiro atoms. The monoisotopic (exact) mass is 450 g/mol. The summed E-state index contributed by atoms with van der Waals surface area (Å²) in [6.45, 7) is 0.931. The Labute approximate surface area is 179 Å². The fourth-order valence-corrected chi connectivity index (χ4v) is 4.22. The molecule has 3 amide bonds. The number of halogens is 3. The molecule has 0 atom stereocenters. The molecule has 2 aliphatic rings. The molecule has 0 bridgehead atoms. The maximum Gasteiger partial charge on any atom is 0.416 e. The quantitative estimate of drug-likeness (QED) is 0.636. The lowest BCUT2D eigenvalue weighted by atomic mass is 10.1. The van der Waals surface area contributed by atoms with Gasteiger partial charge in [-0.3, -0.25) is 19.3 Å². The SMILES string of the molecule is O=C(CN1C(=O)S/C(=C\c2ccc(-c3cccc(C(F)(F)F)c3)o2)C1=O)N1CCCC1. The van der Waals surface area contributed by atoms with E-state index in [2.05, 4.69) is 0 Å². The van der Waals surface area contributed by atoms with Crippen LogP contribution in [0, 0.1) is 0 Å². The molecule has 2 aromatic rings. The van der Waals surface area contributed by atoms with E-state index >= 15 is 0 Å². The zero-order chi connectivity index (χ0) is 22.2. The van der Waals surface area contributed by atoms with Gasteiger partial charge in [0.25, 0.3) is 11.1 Å². The molecule has 0 saturated carbocycles. The molecule has 2 aliphatic heterocycles. The van der Waals surface area contributed by atoms with Crippen molar-refractivity contribution in [3.05, 3.63) is 52.6 Å². The maximum atomic E-state index is 12.9. The van der Waals surface area contributed by atoms with Gasteiger partial charge in [0, 0.05) is 24.7 Å². The number of carbonyl (C=O) groups excluding carboxylic acids is 3. The van der Waals surface area contributed by atoms with E-state index < -0.39 is 22.9 Å². The summed E-state index contributed by atoms with van der Waals surface area (Å²) < 4.78 is 44.3. The van der Waals surface area contributed by atoms with Crippen LogP contribution in [0.4, 0.5) is 18.0 Å². The van der Waals surface area contributed by atoms with E-state index in [0.717, 1.165) is 29.9 Å². The second-order valence-electron chi connectivity index (χ2n) is 7.14. The number of likely N-dealkylation sites (tertiary alicyclic amines) is 1. The summed E-state index contributed by atoms with van der Waals surface area (Å²) >= 11 is 0.691. The largest absolute Gasteiger partial charge is 0.457 e. The smallest absolute Gasteiger partial charge is 0.416 e. The summed E-state index contributed by atoms with van der Waals surface area (Å²) in [5, 5.41) is -0.548. The van der Waals surface area contributed by atoms with Gasteiger partial charge in [0.1, 0.15) is 18.1 Å². The number of hydrogen-bond acceptors (Lipinski definition) is 5. The molecule has 1 aromatic carbocycles. The number of rotatable bonds is 4. The van der Waals surface area contributed by atoms with Crippen molar-refractivity contribution < 1.29 is 32.0 Å². The summed E-state index contributed by atoms with van der Waals surface area (Å²) in [7, 11) is 0. The fraction of sp³-hybridized carbons (Fsp3) is 0.286. The van der Waals surface area contributed by atoms with Crippen LogP contribution in [-0.2, 0) is 15.8 Å². The average molecular weight is 450 g/mol. The minimum absolute atomic E-state index is 0.0872. The third-order valence-corrected chi connectivity index (χ3v) is 5.91. The van der Waals surface area contributed by atoms with E-state index in [-0.39, 0.29) is 34.4 Å². The second kappa shape index (κ2) is 8.26. The number of carbonyl (C=O) groups is 3. The predicted octanol–water partition coefficient (Wildman–Crippen LogP) is 4.62. The van der Waals surface area contributed by atoms with Crippen molar-refractivity contribution in [3.8, 4) is 11.3 Å². The van der Waals surface area contributed by atoms with Crippen molar-refractivity contribution in [2.45, 2.75) is 19.0 Å². The topological polar surface area (TPSA) is 70.8 Å². The van der Waals surface area contributed by atoms with Gasteiger partial charge in [-0.1, -0.05) is 12.1 Å². The molecule has 2 fully saturated rings.